The molecule has 2 aliphatic heterocycles. The van der Waals surface area contributed by atoms with Gasteiger partial charge in [-0.25, -0.2) is 13.8 Å². The Bertz CT molecular complexity index is 1150. The molecule has 2 aliphatic rings. The van der Waals surface area contributed by atoms with Crippen molar-refractivity contribution < 1.29 is 27.3 Å². The lowest BCUT2D eigenvalue weighted by Gasteiger charge is -2.25. The summed E-state index contributed by atoms with van der Waals surface area (Å²) in [7, 11) is -3.88. The van der Waals surface area contributed by atoms with E-state index in [1.54, 1.807) is 0 Å². The van der Waals surface area contributed by atoms with E-state index in [0.29, 0.717) is 18.4 Å². The van der Waals surface area contributed by atoms with Crippen LogP contribution in [-0.2, 0) is 25.0 Å². The molecule has 0 amide bonds. The van der Waals surface area contributed by atoms with Gasteiger partial charge in [-0.15, -0.1) is 6.42 Å². The normalized spacial score (nSPS) is 25.8. The maximum atomic E-state index is 13.2. The van der Waals surface area contributed by atoms with Crippen molar-refractivity contribution in [2.24, 2.45) is 0 Å². The van der Waals surface area contributed by atoms with Crippen molar-refractivity contribution >= 4 is 7.82 Å². The molecule has 1 aromatic heterocycles. The first-order valence-electron chi connectivity index (χ1n) is 8.71. The summed E-state index contributed by atoms with van der Waals surface area (Å²) in [5.74, 6) is 1.98. The number of benzene rings is 1. The summed E-state index contributed by atoms with van der Waals surface area (Å²) in [6.45, 7) is -0.218. The van der Waals surface area contributed by atoms with Gasteiger partial charge in [0, 0.05) is 11.8 Å². The number of aromatic amines is 1. The lowest BCUT2D eigenvalue weighted by molar-refractivity contribution is -0.0264. The topological polar surface area (TPSA) is 109 Å². The number of phosphoric acid groups is 1. The third kappa shape index (κ3) is 4.04. The molecule has 29 heavy (non-hydrogen) atoms. The zero-order valence-corrected chi connectivity index (χ0v) is 15.9. The monoisotopic (exact) mass is 422 g/mol. The molecule has 3 atom stereocenters. The Kier molecular flexibility index (Phi) is 5.15. The van der Waals surface area contributed by atoms with Crippen LogP contribution >= 0.6 is 7.82 Å². The molecule has 0 radical (unpaired) electrons. The van der Waals surface area contributed by atoms with Gasteiger partial charge in [0.2, 0.25) is 0 Å². The van der Waals surface area contributed by atoms with Gasteiger partial charge < -0.3 is 9.26 Å². The second kappa shape index (κ2) is 7.61. The predicted molar refractivity (Wildman–Crippen MR) is 97.8 cm³/mol. The van der Waals surface area contributed by atoms with E-state index in [2.05, 4.69) is 10.9 Å². The smallest absolute Gasteiger partial charge is 0.404 e. The van der Waals surface area contributed by atoms with Gasteiger partial charge in [-0.1, -0.05) is 5.92 Å². The molecule has 1 N–H and O–H groups in total. The molecule has 152 valence electrons. The van der Waals surface area contributed by atoms with Crippen molar-refractivity contribution in [1.29, 1.82) is 0 Å². The molecule has 4 rings (SSSR count). The maximum Gasteiger partial charge on any atom is 0.530 e. The Morgan fingerprint density at radius 2 is 2.21 bits per heavy atom. The number of hydrogen-bond acceptors (Lipinski definition) is 7. The number of H-pyrrole nitrogens is 1. The summed E-state index contributed by atoms with van der Waals surface area (Å²) in [4.78, 5) is 25.7. The average molecular weight is 422 g/mol. The van der Waals surface area contributed by atoms with Crippen LogP contribution in [0.3, 0.4) is 0 Å². The molecule has 0 bridgehead atoms. The van der Waals surface area contributed by atoms with Crippen molar-refractivity contribution in [2.75, 3.05) is 6.61 Å². The fourth-order valence-electron chi connectivity index (χ4n) is 3.10. The van der Waals surface area contributed by atoms with Crippen LogP contribution in [0.25, 0.3) is 0 Å². The highest BCUT2D eigenvalue weighted by molar-refractivity contribution is 7.49. The van der Waals surface area contributed by atoms with Crippen molar-refractivity contribution in [2.45, 2.75) is 31.8 Å². The highest BCUT2D eigenvalue weighted by atomic mass is 31.2. The first-order chi connectivity index (χ1) is 13.9. The molecule has 1 aromatic carbocycles. The summed E-state index contributed by atoms with van der Waals surface area (Å²) in [6, 6.07) is 3.78. The fraction of sp³-hybridized carbons (Fsp3) is 0.333. The summed E-state index contributed by atoms with van der Waals surface area (Å²) in [6.07, 6.45) is 6.34. The largest absolute Gasteiger partial charge is 0.530 e. The molecule has 2 aromatic rings. The lowest BCUT2D eigenvalue weighted by Crippen LogP contribution is -2.33. The van der Waals surface area contributed by atoms with Crippen LogP contribution in [0, 0.1) is 18.2 Å². The number of ether oxygens (including phenoxy) is 1. The number of terminal acetylenes is 1. The van der Waals surface area contributed by atoms with Gasteiger partial charge in [0.1, 0.15) is 23.4 Å². The fourth-order valence-corrected chi connectivity index (χ4v) is 4.34. The second-order valence-electron chi connectivity index (χ2n) is 6.50. The van der Waals surface area contributed by atoms with Crippen LogP contribution in [0.5, 0.6) is 5.75 Å². The Labute approximate surface area is 164 Å². The Morgan fingerprint density at radius 1 is 1.38 bits per heavy atom. The van der Waals surface area contributed by atoms with Crippen LogP contribution in [-0.4, -0.2) is 22.3 Å². The van der Waals surface area contributed by atoms with Crippen molar-refractivity contribution in [3.8, 4) is 18.1 Å². The molecule has 1 fully saturated rings. The molecule has 0 spiro atoms. The van der Waals surface area contributed by atoms with Crippen molar-refractivity contribution in [1.82, 2.24) is 9.55 Å². The van der Waals surface area contributed by atoms with Gasteiger partial charge in [-0.3, -0.25) is 23.4 Å². The third-order valence-electron chi connectivity index (χ3n) is 4.55. The quantitative estimate of drug-likeness (QED) is 0.594. The first-order valence-corrected chi connectivity index (χ1v) is 10.2. The number of hydrogen-bond donors (Lipinski definition) is 1. The van der Waals surface area contributed by atoms with Crippen LogP contribution in [0.15, 0.2) is 34.0 Å². The number of phosphoric ester groups is 1. The Balaban J connectivity index is 1.40. The number of nitrogens with zero attached hydrogens (tertiary/aromatic N) is 1. The SMILES string of the molecule is C#Cc1cn(C2CCC(COP3(=O)OCc4cc(F)ccc4O3)O2)c(=O)[nH]c1=O. The highest BCUT2D eigenvalue weighted by Gasteiger charge is 2.37. The van der Waals surface area contributed by atoms with Gasteiger partial charge in [0.25, 0.3) is 5.56 Å². The average Bonchev–Trinajstić information content (AvgIpc) is 3.16. The minimum absolute atomic E-state index is 0.0106. The molecule has 11 heteroatoms. The van der Waals surface area contributed by atoms with Gasteiger partial charge in [-0.05, 0) is 31.0 Å². The Morgan fingerprint density at radius 3 is 3.00 bits per heavy atom. The maximum absolute atomic E-state index is 13.2. The second-order valence-corrected chi connectivity index (χ2v) is 8.10. The molecular formula is C18H16FN2O7P. The Hall–Kier alpha value is -2.70. The van der Waals surface area contributed by atoms with E-state index < -0.39 is 37.2 Å². The van der Waals surface area contributed by atoms with E-state index >= 15 is 0 Å². The summed E-state index contributed by atoms with van der Waals surface area (Å²) < 4.78 is 48.6. The summed E-state index contributed by atoms with van der Waals surface area (Å²) in [5, 5.41) is 0. The van der Waals surface area contributed by atoms with Crippen LogP contribution in [0.2, 0.25) is 0 Å². The number of fused-ring (bicyclic) bond motifs is 1. The van der Waals surface area contributed by atoms with Crippen LogP contribution in [0.4, 0.5) is 4.39 Å². The lowest BCUT2D eigenvalue weighted by atomic mass is 10.2. The van der Waals surface area contributed by atoms with Gasteiger partial charge in [-0.2, -0.15) is 0 Å². The van der Waals surface area contributed by atoms with Gasteiger partial charge in [0.15, 0.2) is 0 Å². The van der Waals surface area contributed by atoms with E-state index in [0.717, 1.165) is 0 Å². The summed E-state index contributed by atoms with van der Waals surface area (Å²) >= 11 is 0. The van der Waals surface area contributed by atoms with E-state index in [9.17, 15) is 18.5 Å². The molecular weight excluding hydrogens is 406 g/mol. The van der Waals surface area contributed by atoms with E-state index in [4.69, 9.17) is 24.7 Å². The molecule has 1 saturated heterocycles. The van der Waals surface area contributed by atoms with Crippen LogP contribution < -0.4 is 15.8 Å². The summed E-state index contributed by atoms with van der Waals surface area (Å²) in [5.41, 5.74) is -0.844. The molecule has 3 unspecified atom stereocenters. The first kappa shape index (κ1) is 19.6. The third-order valence-corrected chi connectivity index (χ3v) is 5.88. The van der Waals surface area contributed by atoms with Crippen molar-refractivity contribution in [3.05, 3.63) is 62.2 Å². The molecule has 0 saturated carbocycles. The molecule has 9 nitrogen and oxygen atoms in total. The molecule has 3 heterocycles. The van der Waals surface area contributed by atoms with E-state index in [1.165, 1.54) is 29.0 Å². The number of rotatable bonds is 4. The van der Waals surface area contributed by atoms with Gasteiger partial charge >= 0.3 is 13.5 Å². The zero-order valence-electron chi connectivity index (χ0n) is 15.0. The predicted octanol–water partition coefficient (Wildman–Crippen LogP) is 2.07. The number of nitrogens with one attached hydrogen (secondary N) is 1. The molecule has 0 aliphatic carbocycles. The van der Waals surface area contributed by atoms with E-state index in [-0.39, 0.29) is 24.5 Å². The van der Waals surface area contributed by atoms with Crippen LogP contribution in [0.1, 0.15) is 30.2 Å². The minimum Gasteiger partial charge on any atom is -0.404 e. The number of aromatic nitrogens is 2. The minimum atomic E-state index is -3.88. The highest BCUT2D eigenvalue weighted by Crippen LogP contribution is 2.54. The standard InChI is InChI=1S/C18H16FN2O7P/c1-2-11-8-21(18(23)20-17(11)22)16-6-4-14(27-16)10-26-29(24)25-9-12-7-13(19)3-5-15(12)28-29/h1,3,5,7-8,14,16H,4,6,9-10H2,(H,20,22,23). The number of halogens is 1. The van der Waals surface area contributed by atoms with E-state index in [1.807, 2.05) is 0 Å². The zero-order chi connectivity index (χ0) is 20.6. The van der Waals surface area contributed by atoms with Crippen molar-refractivity contribution in [3.63, 3.8) is 0 Å². The van der Waals surface area contributed by atoms with Gasteiger partial charge in [0.05, 0.1) is 19.3 Å².